The third-order valence-electron chi connectivity index (χ3n) is 5.35. The van der Waals surface area contributed by atoms with Crippen molar-refractivity contribution in [3.63, 3.8) is 0 Å². The van der Waals surface area contributed by atoms with Crippen molar-refractivity contribution >= 4 is 17.9 Å². The van der Waals surface area contributed by atoms with Gasteiger partial charge in [0.1, 0.15) is 6.29 Å². The summed E-state index contributed by atoms with van der Waals surface area (Å²) in [4.78, 5) is 10.8. The lowest BCUT2D eigenvalue weighted by Gasteiger charge is -2.07. The van der Waals surface area contributed by atoms with Gasteiger partial charge >= 0.3 is 0 Å². The van der Waals surface area contributed by atoms with Crippen molar-refractivity contribution in [2.45, 2.75) is 129 Å². The first-order chi connectivity index (χ1) is 12.3. The molecule has 0 aromatic heterocycles. The Morgan fingerprint density at radius 1 is 0.600 bits per heavy atom. The number of hydrogen-bond donors (Lipinski definition) is 0. The normalized spacial score (nSPS) is 12.4. The molecule has 0 saturated carbocycles. The molecule has 0 heterocycles. The zero-order chi connectivity index (χ0) is 18.4. The zero-order valence-corrected chi connectivity index (χ0v) is 17.8. The molecule has 0 rings (SSSR count). The summed E-state index contributed by atoms with van der Waals surface area (Å²) >= 11 is 5.70. The molecule has 150 valence electrons. The van der Waals surface area contributed by atoms with E-state index in [-0.39, 0.29) is 5.92 Å². The van der Waals surface area contributed by atoms with Gasteiger partial charge in [-0.15, -0.1) is 11.6 Å². The van der Waals surface area contributed by atoms with Crippen molar-refractivity contribution in [3.05, 3.63) is 0 Å². The maximum absolute atomic E-state index is 10.8. The van der Waals surface area contributed by atoms with Crippen LogP contribution in [0.15, 0.2) is 0 Å². The quantitative estimate of drug-likeness (QED) is 0.112. The number of alkyl halides is 1. The Kier molecular flexibility index (Phi) is 22.0. The predicted octanol–water partition coefficient (Wildman–Crippen LogP) is 8.47. The van der Waals surface area contributed by atoms with Crippen LogP contribution in [-0.2, 0) is 4.79 Å². The van der Waals surface area contributed by atoms with Gasteiger partial charge in [-0.05, 0) is 12.8 Å². The van der Waals surface area contributed by atoms with Crippen LogP contribution in [0.4, 0.5) is 0 Å². The molecule has 0 fully saturated rings. The van der Waals surface area contributed by atoms with E-state index in [2.05, 4.69) is 6.92 Å². The van der Waals surface area contributed by atoms with Crippen molar-refractivity contribution in [1.29, 1.82) is 0 Å². The molecule has 0 aliphatic rings. The van der Waals surface area contributed by atoms with E-state index in [4.69, 9.17) is 11.6 Å². The first-order valence-electron chi connectivity index (χ1n) is 11.4. The van der Waals surface area contributed by atoms with Crippen LogP contribution in [0.5, 0.6) is 0 Å². The van der Waals surface area contributed by atoms with E-state index in [0.717, 1.165) is 19.1 Å². The summed E-state index contributed by atoms with van der Waals surface area (Å²) in [6.07, 6.45) is 26.8. The Morgan fingerprint density at radius 3 is 1.28 bits per heavy atom. The molecule has 1 unspecified atom stereocenters. The number of carbonyl (C=O) groups is 1. The molecule has 0 spiro atoms. The molecule has 0 bridgehead atoms. The fourth-order valence-electron chi connectivity index (χ4n) is 3.55. The summed E-state index contributed by atoms with van der Waals surface area (Å²) in [5, 5.41) is 0. The van der Waals surface area contributed by atoms with E-state index < -0.39 is 0 Å². The van der Waals surface area contributed by atoms with Gasteiger partial charge in [0.2, 0.25) is 0 Å². The van der Waals surface area contributed by atoms with Crippen molar-refractivity contribution < 1.29 is 4.79 Å². The molecule has 0 radical (unpaired) electrons. The lowest BCUT2D eigenvalue weighted by atomic mass is 9.99. The molecule has 1 atom stereocenters. The third-order valence-corrected chi connectivity index (χ3v) is 5.57. The highest BCUT2D eigenvalue weighted by atomic mass is 35.5. The minimum absolute atomic E-state index is 0.203. The van der Waals surface area contributed by atoms with Crippen molar-refractivity contribution in [1.82, 2.24) is 0 Å². The standard InChI is InChI=1S/C23H45ClO/c1-2-3-4-5-6-7-8-9-10-11-12-13-14-15-16-17-18-19-23(22-25)20-21-24/h22-23H,2-21H2,1H3. The van der Waals surface area contributed by atoms with Crippen LogP contribution >= 0.6 is 11.6 Å². The van der Waals surface area contributed by atoms with Gasteiger partial charge < -0.3 is 4.79 Å². The van der Waals surface area contributed by atoms with Gasteiger partial charge in [-0.1, -0.05) is 116 Å². The highest BCUT2D eigenvalue weighted by Crippen LogP contribution is 2.16. The first-order valence-corrected chi connectivity index (χ1v) is 11.9. The van der Waals surface area contributed by atoms with E-state index >= 15 is 0 Å². The Hall–Kier alpha value is -0.0400. The van der Waals surface area contributed by atoms with Gasteiger partial charge in [0.15, 0.2) is 0 Å². The predicted molar refractivity (Wildman–Crippen MR) is 114 cm³/mol. The lowest BCUT2D eigenvalue weighted by molar-refractivity contribution is -0.111. The molecule has 0 aromatic carbocycles. The van der Waals surface area contributed by atoms with Gasteiger partial charge in [-0.2, -0.15) is 0 Å². The van der Waals surface area contributed by atoms with Gasteiger partial charge in [0.05, 0.1) is 0 Å². The minimum atomic E-state index is 0.203. The van der Waals surface area contributed by atoms with Gasteiger partial charge in [0, 0.05) is 11.8 Å². The van der Waals surface area contributed by atoms with E-state index in [1.54, 1.807) is 0 Å². The first kappa shape index (κ1) is 25.0. The molecule has 0 aromatic rings. The number of aldehydes is 1. The van der Waals surface area contributed by atoms with Crippen LogP contribution in [0.2, 0.25) is 0 Å². The van der Waals surface area contributed by atoms with Crippen molar-refractivity contribution in [2.75, 3.05) is 5.88 Å². The van der Waals surface area contributed by atoms with E-state index in [1.165, 1.54) is 109 Å². The van der Waals surface area contributed by atoms with Gasteiger partial charge in [-0.3, -0.25) is 0 Å². The van der Waals surface area contributed by atoms with Gasteiger partial charge in [0.25, 0.3) is 0 Å². The summed E-state index contributed by atoms with van der Waals surface area (Å²) in [5.74, 6) is 0.816. The highest BCUT2D eigenvalue weighted by Gasteiger charge is 2.05. The third kappa shape index (κ3) is 20.1. The molecule has 0 aliphatic carbocycles. The molecule has 0 amide bonds. The smallest absolute Gasteiger partial charge is 0.123 e. The Bertz CT molecular complexity index is 254. The van der Waals surface area contributed by atoms with E-state index in [0.29, 0.717) is 5.88 Å². The molecule has 0 aliphatic heterocycles. The number of carbonyl (C=O) groups excluding carboxylic acids is 1. The molecule has 25 heavy (non-hydrogen) atoms. The topological polar surface area (TPSA) is 17.1 Å². The zero-order valence-electron chi connectivity index (χ0n) is 17.1. The largest absolute Gasteiger partial charge is 0.303 e. The van der Waals surface area contributed by atoms with Crippen LogP contribution in [0.1, 0.15) is 129 Å². The summed E-state index contributed by atoms with van der Waals surface area (Å²) in [7, 11) is 0. The fraction of sp³-hybridized carbons (Fsp3) is 0.957. The van der Waals surface area contributed by atoms with E-state index in [1.807, 2.05) is 0 Å². The van der Waals surface area contributed by atoms with Gasteiger partial charge in [-0.25, -0.2) is 0 Å². The SMILES string of the molecule is CCCCCCCCCCCCCCCCCCCC(C=O)CCCl. The Morgan fingerprint density at radius 2 is 0.960 bits per heavy atom. The molecule has 0 N–H and O–H groups in total. The summed E-state index contributed by atoms with van der Waals surface area (Å²) < 4.78 is 0. The Labute approximate surface area is 163 Å². The van der Waals surface area contributed by atoms with Crippen LogP contribution in [0.25, 0.3) is 0 Å². The van der Waals surface area contributed by atoms with Crippen molar-refractivity contribution in [3.8, 4) is 0 Å². The average Bonchev–Trinajstić information content (AvgIpc) is 2.63. The maximum Gasteiger partial charge on any atom is 0.123 e. The molecule has 0 saturated heterocycles. The van der Waals surface area contributed by atoms with Crippen molar-refractivity contribution in [2.24, 2.45) is 5.92 Å². The molecular formula is C23H45ClO. The second-order valence-corrected chi connectivity index (χ2v) is 8.20. The number of unbranched alkanes of at least 4 members (excludes halogenated alkanes) is 16. The van der Waals surface area contributed by atoms with Crippen LogP contribution < -0.4 is 0 Å². The molecule has 1 nitrogen and oxygen atoms in total. The maximum atomic E-state index is 10.8. The number of halogens is 1. The summed E-state index contributed by atoms with van der Waals surface area (Å²) in [6.45, 7) is 2.29. The summed E-state index contributed by atoms with van der Waals surface area (Å²) in [5.41, 5.74) is 0. The highest BCUT2D eigenvalue weighted by molar-refractivity contribution is 6.17. The minimum Gasteiger partial charge on any atom is -0.303 e. The van der Waals surface area contributed by atoms with Crippen LogP contribution in [-0.4, -0.2) is 12.2 Å². The summed E-state index contributed by atoms with van der Waals surface area (Å²) in [6, 6.07) is 0. The average molecular weight is 373 g/mol. The monoisotopic (exact) mass is 372 g/mol. The number of rotatable bonds is 21. The van der Waals surface area contributed by atoms with Crippen LogP contribution in [0.3, 0.4) is 0 Å². The number of hydrogen-bond acceptors (Lipinski definition) is 1. The lowest BCUT2D eigenvalue weighted by Crippen LogP contribution is -2.02. The fourth-order valence-corrected chi connectivity index (χ4v) is 3.83. The van der Waals surface area contributed by atoms with Crippen LogP contribution in [0, 0.1) is 5.92 Å². The molecule has 2 heteroatoms. The molecular weight excluding hydrogens is 328 g/mol. The second kappa shape index (κ2) is 22.0. The Balaban J connectivity index is 3.08. The second-order valence-electron chi connectivity index (χ2n) is 7.82. The van der Waals surface area contributed by atoms with E-state index in [9.17, 15) is 4.79 Å².